The molecule has 1 unspecified atom stereocenters. The fourth-order valence-electron chi connectivity index (χ4n) is 2.55. The van der Waals surface area contributed by atoms with E-state index in [4.69, 9.17) is 4.74 Å². The van der Waals surface area contributed by atoms with Gasteiger partial charge in [0.05, 0.1) is 17.3 Å². The number of ether oxygens (including phenoxy) is 1. The lowest BCUT2D eigenvalue weighted by Crippen LogP contribution is -2.31. The van der Waals surface area contributed by atoms with Crippen LogP contribution in [0.3, 0.4) is 0 Å². The summed E-state index contributed by atoms with van der Waals surface area (Å²) < 4.78 is 6.41. The second kappa shape index (κ2) is 5.35. The molecular formula is C14H19N3OS. The molecule has 1 fully saturated rings. The topological polar surface area (TPSA) is 37.4 Å². The number of aromatic nitrogens is 1. The van der Waals surface area contributed by atoms with Gasteiger partial charge in [-0.15, -0.1) is 0 Å². The van der Waals surface area contributed by atoms with Crippen molar-refractivity contribution >= 4 is 26.7 Å². The average Bonchev–Trinajstić information content (AvgIpc) is 3.01. The van der Waals surface area contributed by atoms with Crippen LogP contribution in [0.25, 0.3) is 10.2 Å². The summed E-state index contributed by atoms with van der Waals surface area (Å²) in [5.74, 6) is 0.887. The molecule has 1 aliphatic rings. The number of hydrogen-bond acceptors (Lipinski definition) is 5. The number of benzene rings is 1. The third kappa shape index (κ3) is 2.67. The highest BCUT2D eigenvalue weighted by Crippen LogP contribution is 2.29. The molecule has 0 bridgehead atoms. The van der Waals surface area contributed by atoms with E-state index < -0.39 is 0 Å². The van der Waals surface area contributed by atoms with E-state index in [1.165, 1.54) is 24.1 Å². The number of fused-ring (bicyclic) bond motifs is 1. The Balaban J connectivity index is 1.71. The molecule has 2 aromatic rings. The summed E-state index contributed by atoms with van der Waals surface area (Å²) in [5.41, 5.74) is 1.04. The first kappa shape index (κ1) is 12.7. The zero-order valence-corrected chi connectivity index (χ0v) is 12.2. The van der Waals surface area contributed by atoms with Crippen LogP contribution in [-0.4, -0.2) is 43.2 Å². The lowest BCUT2D eigenvalue weighted by atomic mass is 10.2. The van der Waals surface area contributed by atoms with E-state index in [-0.39, 0.29) is 0 Å². The van der Waals surface area contributed by atoms with Crippen molar-refractivity contribution in [2.45, 2.75) is 18.9 Å². The maximum atomic E-state index is 5.24. The number of likely N-dealkylation sites (N-methyl/N-ethyl adjacent to an activating group) is 1. The van der Waals surface area contributed by atoms with Crippen LogP contribution in [0.5, 0.6) is 5.75 Å². The molecule has 19 heavy (non-hydrogen) atoms. The summed E-state index contributed by atoms with van der Waals surface area (Å²) in [6.07, 6.45) is 2.59. The summed E-state index contributed by atoms with van der Waals surface area (Å²) in [6, 6.07) is 6.65. The van der Waals surface area contributed by atoms with Crippen molar-refractivity contribution in [2.24, 2.45) is 0 Å². The Bertz CT molecular complexity index is 569. The minimum absolute atomic E-state index is 0.640. The Kier molecular flexibility index (Phi) is 3.57. The maximum Gasteiger partial charge on any atom is 0.183 e. The number of nitrogens with one attached hydrogen (secondary N) is 1. The smallest absolute Gasteiger partial charge is 0.183 e. The number of likely N-dealkylation sites (tertiary alicyclic amines) is 1. The molecule has 2 heterocycles. The Morgan fingerprint density at radius 1 is 1.53 bits per heavy atom. The lowest BCUT2D eigenvalue weighted by Gasteiger charge is -2.19. The third-order valence-electron chi connectivity index (χ3n) is 3.76. The van der Waals surface area contributed by atoms with Gasteiger partial charge in [-0.1, -0.05) is 11.3 Å². The van der Waals surface area contributed by atoms with Gasteiger partial charge in [0.1, 0.15) is 5.75 Å². The summed E-state index contributed by atoms with van der Waals surface area (Å²) in [5, 5.41) is 4.47. The molecule has 3 rings (SSSR count). The molecule has 0 spiro atoms. The quantitative estimate of drug-likeness (QED) is 0.932. The van der Waals surface area contributed by atoms with Gasteiger partial charge in [-0.2, -0.15) is 0 Å². The van der Waals surface area contributed by atoms with Crippen LogP contribution in [0.15, 0.2) is 18.2 Å². The van der Waals surface area contributed by atoms with Crippen molar-refractivity contribution in [3.63, 3.8) is 0 Å². The minimum atomic E-state index is 0.640. The standard InChI is InChI=1S/C14H19N3OS/c1-17-7-3-4-10(17)9-15-14-16-12-6-5-11(18-2)8-13(12)19-14/h5-6,8,10H,3-4,7,9H2,1-2H3,(H,15,16). The van der Waals surface area contributed by atoms with Crippen molar-refractivity contribution in [3.05, 3.63) is 18.2 Å². The highest BCUT2D eigenvalue weighted by Gasteiger charge is 2.20. The van der Waals surface area contributed by atoms with E-state index in [2.05, 4.69) is 22.2 Å². The number of thiazole rings is 1. The van der Waals surface area contributed by atoms with Gasteiger partial charge in [0.2, 0.25) is 0 Å². The zero-order valence-electron chi connectivity index (χ0n) is 11.3. The molecule has 0 aliphatic carbocycles. The van der Waals surface area contributed by atoms with Crippen LogP contribution in [0.4, 0.5) is 5.13 Å². The molecule has 1 atom stereocenters. The van der Waals surface area contributed by atoms with Gasteiger partial charge >= 0.3 is 0 Å². The third-order valence-corrected chi connectivity index (χ3v) is 4.73. The minimum Gasteiger partial charge on any atom is -0.497 e. The van der Waals surface area contributed by atoms with E-state index in [9.17, 15) is 0 Å². The van der Waals surface area contributed by atoms with E-state index in [0.717, 1.165) is 22.9 Å². The van der Waals surface area contributed by atoms with Crippen LogP contribution < -0.4 is 10.1 Å². The summed E-state index contributed by atoms with van der Waals surface area (Å²) in [4.78, 5) is 7.03. The SMILES string of the molecule is COc1ccc2nc(NCC3CCCN3C)sc2c1. The molecule has 0 amide bonds. The van der Waals surface area contributed by atoms with Crippen LogP contribution in [0.1, 0.15) is 12.8 Å². The molecule has 102 valence electrons. The van der Waals surface area contributed by atoms with E-state index >= 15 is 0 Å². The molecular weight excluding hydrogens is 258 g/mol. The Morgan fingerprint density at radius 3 is 3.16 bits per heavy atom. The van der Waals surface area contributed by atoms with E-state index in [1.54, 1.807) is 18.4 Å². The molecule has 1 N–H and O–H groups in total. The Hall–Kier alpha value is -1.33. The summed E-state index contributed by atoms with van der Waals surface area (Å²) >= 11 is 1.69. The van der Waals surface area contributed by atoms with Crippen molar-refractivity contribution < 1.29 is 4.74 Å². The van der Waals surface area contributed by atoms with E-state index in [1.807, 2.05) is 18.2 Å². The molecule has 4 nitrogen and oxygen atoms in total. The van der Waals surface area contributed by atoms with Crippen LogP contribution >= 0.6 is 11.3 Å². The molecule has 1 aromatic carbocycles. The second-order valence-electron chi connectivity index (χ2n) is 5.01. The first-order valence-corrected chi connectivity index (χ1v) is 7.46. The van der Waals surface area contributed by atoms with Gasteiger partial charge in [0, 0.05) is 12.6 Å². The summed E-state index contributed by atoms with van der Waals surface area (Å²) in [6.45, 7) is 2.19. The fourth-order valence-corrected chi connectivity index (χ4v) is 3.45. The number of rotatable bonds is 4. The molecule has 5 heteroatoms. The van der Waals surface area contributed by atoms with Gasteiger partial charge < -0.3 is 15.0 Å². The van der Waals surface area contributed by atoms with Crippen LogP contribution in [0.2, 0.25) is 0 Å². The Morgan fingerprint density at radius 2 is 2.42 bits per heavy atom. The first-order valence-electron chi connectivity index (χ1n) is 6.65. The highest BCUT2D eigenvalue weighted by molar-refractivity contribution is 7.22. The molecule has 0 saturated carbocycles. The van der Waals surface area contributed by atoms with Gasteiger partial charge in [-0.05, 0) is 44.6 Å². The van der Waals surface area contributed by atoms with Crippen molar-refractivity contribution in [3.8, 4) is 5.75 Å². The number of methoxy groups -OCH3 is 1. The highest BCUT2D eigenvalue weighted by atomic mass is 32.1. The van der Waals surface area contributed by atoms with E-state index in [0.29, 0.717) is 6.04 Å². The molecule has 1 aliphatic heterocycles. The number of hydrogen-bond donors (Lipinski definition) is 1. The van der Waals surface area contributed by atoms with Gasteiger partial charge in [-0.3, -0.25) is 0 Å². The second-order valence-corrected chi connectivity index (χ2v) is 6.04. The van der Waals surface area contributed by atoms with Gasteiger partial charge in [0.15, 0.2) is 5.13 Å². The molecule has 1 aromatic heterocycles. The average molecular weight is 277 g/mol. The van der Waals surface area contributed by atoms with Crippen molar-refractivity contribution in [1.29, 1.82) is 0 Å². The maximum absolute atomic E-state index is 5.24. The Labute approximate surface area is 117 Å². The lowest BCUT2D eigenvalue weighted by molar-refractivity contribution is 0.322. The summed E-state index contributed by atoms with van der Waals surface area (Å²) in [7, 11) is 3.89. The van der Waals surface area contributed by atoms with Crippen molar-refractivity contribution in [2.75, 3.05) is 32.6 Å². The molecule has 0 radical (unpaired) electrons. The van der Waals surface area contributed by atoms with Crippen LogP contribution in [-0.2, 0) is 0 Å². The normalized spacial score (nSPS) is 20.0. The molecule has 1 saturated heterocycles. The number of anilines is 1. The monoisotopic (exact) mass is 277 g/mol. The largest absolute Gasteiger partial charge is 0.497 e. The van der Waals surface area contributed by atoms with Crippen LogP contribution in [0, 0.1) is 0 Å². The zero-order chi connectivity index (χ0) is 13.2. The first-order chi connectivity index (χ1) is 9.26. The predicted molar refractivity (Wildman–Crippen MR) is 80.3 cm³/mol. The number of nitrogens with zero attached hydrogens (tertiary/aromatic N) is 2. The fraction of sp³-hybridized carbons (Fsp3) is 0.500. The van der Waals surface area contributed by atoms with Gasteiger partial charge in [0.25, 0.3) is 0 Å². The van der Waals surface area contributed by atoms with Gasteiger partial charge in [-0.25, -0.2) is 4.98 Å². The van der Waals surface area contributed by atoms with Crippen molar-refractivity contribution in [1.82, 2.24) is 9.88 Å². The predicted octanol–water partition coefficient (Wildman–Crippen LogP) is 2.81.